The summed E-state index contributed by atoms with van der Waals surface area (Å²) in [7, 11) is -4.77. The highest BCUT2D eigenvalue weighted by Gasteiger charge is 2.22. The molecule has 312 valence electrons. The van der Waals surface area contributed by atoms with E-state index in [1.54, 1.807) is 0 Å². The summed E-state index contributed by atoms with van der Waals surface area (Å²) in [5.74, 6) is -0.950. The lowest BCUT2D eigenvalue weighted by Gasteiger charge is -2.18. The van der Waals surface area contributed by atoms with Gasteiger partial charge in [-0.3, -0.25) is 14.1 Å². The van der Waals surface area contributed by atoms with Gasteiger partial charge in [-0.15, -0.1) is 0 Å². The molecule has 0 heterocycles. The van der Waals surface area contributed by atoms with Crippen LogP contribution in [0, 0.1) is 0 Å². The third-order valence-electron chi connectivity index (χ3n) is 9.05. The molecular formula is C45H79O8P. The largest absolute Gasteiger partial charge is 0.469 e. The van der Waals surface area contributed by atoms with Gasteiger partial charge in [-0.2, -0.15) is 0 Å². The van der Waals surface area contributed by atoms with E-state index in [1.165, 1.54) is 103 Å². The Kier molecular flexibility index (Phi) is 38.7. The molecule has 2 N–H and O–H groups in total. The van der Waals surface area contributed by atoms with Crippen molar-refractivity contribution in [3.63, 3.8) is 0 Å². The Morgan fingerprint density at radius 3 is 1.31 bits per heavy atom. The van der Waals surface area contributed by atoms with Gasteiger partial charge in [-0.1, -0.05) is 190 Å². The van der Waals surface area contributed by atoms with Crippen molar-refractivity contribution in [2.75, 3.05) is 13.2 Å². The fraction of sp³-hybridized carbons (Fsp3) is 0.733. The minimum Gasteiger partial charge on any atom is -0.462 e. The molecule has 0 spiro atoms. The monoisotopic (exact) mass is 779 g/mol. The normalized spacial score (nSPS) is 13.0. The molecule has 8 nitrogen and oxygen atoms in total. The summed E-state index contributed by atoms with van der Waals surface area (Å²) in [6, 6.07) is 0. The molecule has 0 unspecified atom stereocenters. The Balaban J connectivity index is 3.97. The molecule has 0 saturated carbocycles. The van der Waals surface area contributed by atoms with Crippen LogP contribution in [0.25, 0.3) is 0 Å². The van der Waals surface area contributed by atoms with E-state index in [0.29, 0.717) is 12.8 Å². The summed E-state index contributed by atoms with van der Waals surface area (Å²) in [6.45, 7) is 3.54. The molecule has 0 aliphatic carbocycles. The fourth-order valence-electron chi connectivity index (χ4n) is 5.88. The van der Waals surface area contributed by atoms with Crippen LogP contribution in [0.4, 0.5) is 0 Å². The predicted molar refractivity (Wildman–Crippen MR) is 225 cm³/mol. The van der Waals surface area contributed by atoms with E-state index in [2.05, 4.69) is 73.1 Å². The van der Waals surface area contributed by atoms with Gasteiger partial charge < -0.3 is 19.3 Å². The zero-order chi connectivity index (χ0) is 39.6. The van der Waals surface area contributed by atoms with Crippen LogP contribution in [-0.4, -0.2) is 41.0 Å². The van der Waals surface area contributed by atoms with Crippen molar-refractivity contribution >= 4 is 19.8 Å². The van der Waals surface area contributed by atoms with Crippen molar-refractivity contribution < 1.29 is 37.9 Å². The van der Waals surface area contributed by atoms with Crippen molar-refractivity contribution in [3.05, 3.63) is 60.8 Å². The minimum absolute atomic E-state index is 0.133. The highest BCUT2D eigenvalue weighted by Crippen LogP contribution is 2.36. The molecule has 0 bridgehead atoms. The van der Waals surface area contributed by atoms with Gasteiger partial charge in [0.05, 0.1) is 6.61 Å². The second-order valence-corrected chi connectivity index (χ2v) is 15.5. The average molecular weight is 779 g/mol. The maximum absolute atomic E-state index is 12.4. The van der Waals surface area contributed by atoms with Crippen LogP contribution >= 0.6 is 7.82 Å². The van der Waals surface area contributed by atoms with Crippen LogP contribution in [-0.2, 0) is 28.2 Å². The van der Waals surface area contributed by atoms with Gasteiger partial charge in [0.15, 0.2) is 6.10 Å². The Labute approximate surface area is 330 Å². The zero-order valence-electron chi connectivity index (χ0n) is 34.4. The third-order valence-corrected chi connectivity index (χ3v) is 9.54. The fourth-order valence-corrected chi connectivity index (χ4v) is 6.24. The Morgan fingerprint density at radius 2 is 0.889 bits per heavy atom. The van der Waals surface area contributed by atoms with Crippen molar-refractivity contribution in [1.29, 1.82) is 0 Å². The maximum atomic E-state index is 12.4. The summed E-state index contributed by atoms with van der Waals surface area (Å²) in [5, 5.41) is 0. The molecule has 0 aromatic heterocycles. The number of carbonyl (C=O) groups excluding carboxylic acids is 2. The van der Waals surface area contributed by atoms with Gasteiger partial charge in [0, 0.05) is 12.8 Å². The smallest absolute Gasteiger partial charge is 0.462 e. The molecule has 0 aromatic carbocycles. The lowest BCUT2D eigenvalue weighted by molar-refractivity contribution is -0.161. The zero-order valence-corrected chi connectivity index (χ0v) is 35.2. The summed E-state index contributed by atoms with van der Waals surface area (Å²) in [5.41, 5.74) is 0. The molecule has 54 heavy (non-hydrogen) atoms. The Bertz CT molecular complexity index is 1060. The van der Waals surface area contributed by atoms with E-state index in [9.17, 15) is 14.2 Å². The molecule has 0 rings (SSSR count). The molecule has 0 aliphatic rings. The van der Waals surface area contributed by atoms with E-state index >= 15 is 0 Å². The van der Waals surface area contributed by atoms with E-state index in [0.717, 1.165) is 51.4 Å². The van der Waals surface area contributed by atoms with Crippen molar-refractivity contribution in [1.82, 2.24) is 0 Å². The van der Waals surface area contributed by atoms with Gasteiger partial charge in [0.25, 0.3) is 0 Å². The molecule has 1 atom stereocenters. The van der Waals surface area contributed by atoms with E-state index < -0.39 is 32.5 Å². The van der Waals surface area contributed by atoms with Crippen LogP contribution in [0.15, 0.2) is 60.8 Å². The highest BCUT2D eigenvalue weighted by molar-refractivity contribution is 7.46. The molecule has 0 aliphatic heterocycles. The van der Waals surface area contributed by atoms with Gasteiger partial charge >= 0.3 is 19.8 Å². The molecule has 0 amide bonds. The average Bonchev–Trinajstić information content (AvgIpc) is 3.14. The van der Waals surface area contributed by atoms with Gasteiger partial charge in [-0.25, -0.2) is 4.57 Å². The van der Waals surface area contributed by atoms with E-state index in [1.807, 2.05) is 6.08 Å². The highest BCUT2D eigenvalue weighted by atomic mass is 31.2. The number of esters is 2. The van der Waals surface area contributed by atoms with E-state index in [-0.39, 0.29) is 19.4 Å². The molecule has 0 fully saturated rings. The second kappa shape index (κ2) is 40.4. The summed E-state index contributed by atoms with van der Waals surface area (Å²) in [4.78, 5) is 42.9. The van der Waals surface area contributed by atoms with Gasteiger partial charge in [0.1, 0.15) is 6.61 Å². The van der Waals surface area contributed by atoms with Crippen molar-refractivity contribution in [2.24, 2.45) is 0 Å². The number of hydrogen-bond donors (Lipinski definition) is 2. The maximum Gasteiger partial charge on any atom is 0.469 e. The van der Waals surface area contributed by atoms with Crippen molar-refractivity contribution in [3.8, 4) is 0 Å². The number of hydrogen-bond acceptors (Lipinski definition) is 6. The molecule has 0 aromatic rings. The second-order valence-electron chi connectivity index (χ2n) is 14.3. The topological polar surface area (TPSA) is 119 Å². The summed E-state index contributed by atoms with van der Waals surface area (Å²) < 4.78 is 26.4. The molecule has 0 radical (unpaired) electrons. The first-order valence-electron chi connectivity index (χ1n) is 21.6. The summed E-state index contributed by atoms with van der Waals surface area (Å²) in [6.07, 6.45) is 51.0. The number of allylic oxidation sites excluding steroid dienone is 10. The Morgan fingerprint density at radius 1 is 0.500 bits per heavy atom. The number of phosphoric ester groups is 1. The number of unbranched alkanes of at least 4 members (excludes halogenated alkanes) is 19. The number of carbonyl (C=O) groups is 2. The Hall–Kier alpha value is -2.25. The van der Waals surface area contributed by atoms with Crippen LogP contribution in [0.1, 0.15) is 194 Å². The van der Waals surface area contributed by atoms with E-state index in [4.69, 9.17) is 19.3 Å². The van der Waals surface area contributed by atoms with Crippen molar-refractivity contribution in [2.45, 2.75) is 200 Å². The van der Waals surface area contributed by atoms with Gasteiger partial charge in [0.2, 0.25) is 0 Å². The quantitative estimate of drug-likeness (QED) is 0.0274. The van der Waals surface area contributed by atoms with Crippen LogP contribution < -0.4 is 0 Å². The molecular weight excluding hydrogens is 699 g/mol. The predicted octanol–water partition coefficient (Wildman–Crippen LogP) is 13.3. The van der Waals surface area contributed by atoms with Gasteiger partial charge in [-0.05, 0) is 51.4 Å². The third kappa shape index (κ3) is 42.5. The lowest BCUT2D eigenvalue weighted by Crippen LogP contribution is -2.29. The van der Waals surface area contributed by atoms with Crippen LogP contribution in [0.5, 0.6) is 0 Å². The number of phosphoric acid groups is 1. The SMILES string of the molecule is CC/C=C/C/C=C/C/C=C/C/C=C/C/C=C/CCCC(=O)O[C@H](COC(=O)CCCCCCCCCCCCCCCCCCCCC)COP(=O)(O)O. The van der Waals surface area contributed by atoms with Crippen LogP contribution in [0.3, 0.4) is 0 Å². The first-order chi connectivity index (χ1) is 26.3. The number of rotatable bonds is 39. The van der Waals surface area contributed by atoms with Crippen LogP contribution in [0.2, 0.25) is 0 Å². The standard InChI is InChI=1S/C45H79O8P/c1-3-5-7-9-11-13-15-17-19-21-22-24-25-27-29-31-33-35-37-39-44(46)51-41-43(42-52-54(48,49)50)53-45(47)40-38-36-34-32-30-28-26-23-20-18-16-14-12-10-8-6-4-2/h6,8,12,14,18,20,26,28,32,34,43H,3-5,7,9-11,13,15-17,19,21-25,27,29-31,33,35-42H2,1-2H3,(H2,48,49,50)/b8-6+,14-12+,20-18+,28-26+,34-32+/t43-/m1/s1. The first kappa shape index (κ1) is 51.8. The summed E-state index contributed by atoms with van der Waals surface area (Å²) >= 11 is 0. The molecule has 0 saturated heterocycles. The molecule has 9 heteroatoms. The number of ether oxygens (including phenoxy) is 2. The lowest BCUT2D eigenvalue weighted by atomic mass is 10.0. The first-order valence-corrected chi connectivity index (χ1v) is 23.1. The minimum atomic E-state index is -4.77.